The maximum absolute atomic E-state index is 12.0. The van der Waals surface area contributed by atoms with Gasteiger partial charge in [0.15, 0.2) is 0 Å². The summed E-state index contributed by atoms with van der Waals surface area (Å²) in [6, 6.07) is 4.63. The van der Waals surface area contributed by atoms with Gasteiger partial charge in [0.1, 0.15) is 0 Å². The van der Waals surface area contributed by atoms with E-state index < -0.39 is 10.8 Å². The third kappa shape index (κ3) is 2.59. The number of benzene rings is 1. The van der Waals surface area contributed by atoms with Crippen molar-refractivity contribution in [3.63, 3.8) is 0 Å². The summed E-state index contributed by atoms with van der Waals surface area (Å²) < 4.78 is 0. The SMILES string of the molecule is NCC(=O)NCC(=O)N1CCc2c1cccc2[N+](=O)[O-]. The minimum absolute atomic E-state index is 0.0174. The highest BCUT2D eigenvalue weighted by Gasteiger charge is 2.30. The fraction of sp³-hybridized carbons (Fsp3) is 0.333. The van der Waals surface area contributed by atoms with Gasteiger partial charge in [-0.2, -0.15) is 0 Å². The fourth-order valence-electron chi connectivity index (χ4n) is 2.19. The third-order valence-electron chi connectivity index (χ3n) is 3.12. The minimum Gasteiger partial charge on any atom is -0.346 e. The summed E-state index contributed by atoms with van der Waals surface area (Å²) in [5.74, 6) is -0.733. The second kappa shape index (κ2) is 5.66. The van der Waals surface area contributed by atoms with E-state index in [2.05, 4.69) is 5.32 Å². The zero-order chi connectivity index (χ0) is 14.7. The molecule has 0 bridgehead atoms. The minimum atomic E-state index is -0.455. The first-order valence-electron chi connectivity index (χ1n) is 6.08. The lowest BCUT2D eigenvalue weighted by atomic mass is 10.1. The number of nitrogens with zero attached hydrogens (tertiary/aromatic N) is 2. The van der Waals surface area contributed by atoms with Crippen LogP contribution in [0.1, 0.15) is 5.56 Å². The third-order valence-corrected chi connectivity index (χ3v) is 3.12. The van der Waals surface area contributed by atoms with Gasteiger partial charge in [-0.25, -0.2) is 0 Å². The lowest BCUT2D eigenvalue weighted by Gasteiger charge is -2.17. The Hall–Kier alpha value is -2.48. The molecule has 1 heterocycles. The Morgan fingerprint density at radius 2 is 2.20 bits per heavy atom. The van der Waals surface area contributed by atoms with E-state index in [0.717, 1.165) is 0 Å². The highest BCUT2D eigenvalue weighted by Crippen LogP contribution is 2.34. The van der Waals surface area contributed by atoms with Gasteiger partial charge in [0.2, 0.25) is 11.8 Å². The van der Waals surface area contributed by atoms with Gasteiger partial charge in [-0.1, -0.05) is 6.07 Å². The Labute approximate surface area is 114 Å². The lowest BCUT2D eigenvalue weighted by Crippen LogP contribution is -2.41. The molecule has 20 heavy (non-hydrogen) atoms. The number of fused-ring (bicyclic) bond motifs is 1. The summed E-state index contributed by atoms with van der Waals surface area (Å²) in [4.78, 5) is 34.9. The first-order chi connectivity index (χ1) is 9.54. The zero-order valence-electron chi connectivity index (χ0n) is 10.7. The van der Waals surface area contributed by atoms with Crippen LogP contribution in [-0.2, 0) is 16.0 Å². The monoisotopic (exact) mass is 278 g/mol. The summed E-state index contributed by atoms with van der Waals surface area (Å²) in [6.07, 6.45) is 0.434. The Kier molecular flexibility index (Phi) is 3.94. The van der Waals surface area contributed by atoms with Crippen LogP contribution >= 0.6 is 0 Å². The van der Waals surface area contributed by atoms with E-state index in [0.29, 0.717) is 24.2 Å². The molecule has 0 unspecified atom stereocenters. The van der Waals surface area contributed by atoms with Gasteiger partial charge < -0.3 is 16.0 Å². The second-order valence-electron chi connectivity index (χ2n) is 4.31. The maximum Gasteiger partial charge on any atom is 0.274 e. The van der Waals surface area contributed by atoms with Crippen LogP contribution in [0.25, 0.3) is 0 Å². The van der Waals surface area contributed by atoms with E-state index in [1.165, 1.54) is 11.0 Å². The average Bonchev–Trinajstić information content (AvgIpc) is 2.87. The Morgan fingerprint density at radius 3 is 2.85 bits per heavy atom. The van der Waals surface area contributed by atoms with Crippen LogP contribution in [0.5, 0.6) is 0 Å². The molecule has 0 atom stereocenters. The van der Waals surface area contributed by atoms with Crippen molar-refractivity contribution < 1.29 is 14.5 Å². The van der Waals surface area contributed by atoms with Crippen LogP contribution in [0.3, 0.4) is 0 Å². The summed E-state index contributed by atoms with van der Waals surface area (Å²) in [5, 5.41) is 13.3. The van der Waals surface area contributed by atoms with Crippen LogP contribution in [0.4, 0.5) is 11.4 Å². The summed E-state index contributed by atoms with van der Waals surface area (Å²) in [7, 11) is 0. The molecule has 2 rings (SSSR count). The molecule has 0 saturated heterocycles. The number of nitrogens with one attached hydrogen (secondary N) is 1. The van der Waals surface area contributed by atoms with Gasteiger partial charge in [-0.3, -0.25) is 19.7 Å². The number of carbonyl (C=O) groups excluding carboxylic acids is 2. The number of hydrogen-bond acceptors (Lipinski definition) is 5. The molecule has 2 amide bonds. The molecule has 1 aromatic carbocycles. The van der Waals surface area contributed by atoms with Crippen molar-refractivity contribution in [2.45, 2.75) is 6.42 Å². The Balaban J connectivity index is 2.16. The highest BCUT2D eigenvalue weighted by molar-refractivity contribution is 5.99. The van der Waals surface area contributed by atoms with Gasteiger partial charge in [-0.15, -0.1) is 0 Å². The molecule has 0 fully saturated rings. The van der Waals surface area contributed by atoms with E-state index in [1.807, 2.05) is 0 Å². The molecule has 8 nitrogen and oxygen atoms in total. The molecule has 3 N–H and O–H groups in total. The topological polar surface area (TPSA) is 119 Å². The van der Waals surface area contributed by atoms with Gasteiger partial charge >= 0.3 is 0 Å². The summed E-state index contributed by atoms with van der Waals surface area (Å²) in [6.45, 7) is 0.0189. The van der Waals surface area contributed by atoms with E-state index in [4.69, 9.17) is 5.73 Å². The molecule has 0 aromatic heterocycles. The molecular formula is C12H14N4O4. The number of anilines is 1. The molecule has 0 aliphatic carbocycles. The zero-order valence-corrected chi connectivity index (χ0v) is 10.7. The second-order valence-corrected chi connectivity index (χ2v) is 4.31. The first kappa shape index (κ1) is 13.9. The molecule has 1 aromatic rings. The van der Waals surface area contributed by atoms with Crippen LogP contribution in [0, 0.1) is 10.1 Å². The first-order valence-corrected chi connectivity index (χ1v) is 6.08. The average molecular weight is 278 g/mol. The largest absolute Gasteiger partial charge is 0.346 e. The number of hydrogen-bond donors (Lipinski definition) is 2. The molecule has 8 heteroatoms. The van der Waals surface area contributed by atoms with Gasteiger partial charge in [-0.05, 0) is 12.5 Å². The number of nitro groups is 1. The highest BCUT2D eigenvalue weighted by atomic mass is 16.6. The van der Waals surface area contributed by atoms with Crippen LogP contribution in [-0.4, -0.2) is 36.4 Å². The van der Waals surface area contributed by atoms with E-state index >= 15 is 0 Å². The van der Waals surface area contributed by atoms with E-state index in [-0.39, 0.29) is 24.7 Å². The maximum atomic E-state index is 12.0. The van der Waals surface area contributed by atoms with Crippen molar-refractivity contribution in [2.75, 3.05) is 24.5 Å². The summed E-state index contributed by atoms with van der Waals surface area (Å²) in [5.41, 5.74) is 6.23. The number of amides is 2. The van der Waals surface area contributed by atoms with Gasteiger partial charge in [0.25, 0.3) is 5.69 Å². The molecule has 0 spiro atoms. The number of nitrogens with two attached hydrogens (primary N) is 1. The molecule has 0 saturated carbocycles. The van der Waals surface area contributed by atoms with Gasteiger partial charge in [0.05, 0.1) is 29.3 Å². The molecule has 1 aliphatic rings. The van der Waals surface area contributed by atoms with Crippen LogP contribution in [0.15, 0.2) is 18.2 Å². The van der Waals surface area contributed by atoms with Crippen molar-refractivity contribution in [1.29, 1.82) is 0 Å². The Bertz CT molecular complexity index is 573. The lowest BCUT2D eigenvalue weighted by molar-refractivity contribution is -0.385. The quantitative estimate of drug-likeness (QED) is 0.571. The number of rotatable bonds is 4. The molecule has 106 valence electrons. The normalized spacial score (nSPS) is 12.9. The van der Waals surface area contributed by atoms with Crippen molar-refractivity contribution >= 4 is 23.2 Å². The van der Waals surface area contributed by atoms with Crippen molar-refractivity contribution in [3.05, 3.63) is 33.9 Å². The molecule has 1 aliphatic heterocycles. The van der Waals surface area contributed by atoms with Crippen molar-refractivity contribution in [3.8, 4) is 0 Å². The Morgan fingerprint density at radius 1 is 1.45 bits per heavy atom. The van der Waals surface area contributed by atoms with E-state index in [9.17, 15) is 19.7 Å². The standard InChI is InChI=1S/C12H14N4O4/c13-6-11(17)14-7-12(18)15-5-4-8-9(15)2-1-3-10(8)16(19)20/h1-3H,4-7,13H2,(H,14,17). The van der Waals surface area contributed by atoms with E-state index in [1.54, 1.807) is 12.1 Å². The summed E-state index contributed by atoms with van der Waals surface area (Å²) >= 11 is 0. The van der Waals surface area contributed by atoms with Gasteiger partial charge in [0, 0.05) is 12.6 Å². The smallest absolute Gasteiger partial charge is 0.274 e. The number of nitro benzene ring substituents is 1. The molecule has 0 radical (unpaired) electrons. The van der Waals surface area contributed by atoms with Crippen LogP contribution in [0.2, 0.25) is 0 Å². The van der Waals surface area contributed by atoms with Crippen molar-refractivity contribution in [2.24, 2.45) is 5.73 Å². The number of carbonyl (C=O) groups is 2. The predicted octanol–water partition coefficient (Wildman–Crippen LogP) is -0.441. The van der Waals surface area contributed by atoms with Crippen molar-refractivity contribution in [1.82, 2.24) is 5.32 Å². The fourth-order valence-corrected chi connectivity index (χ4v) is 2.19. The predicted molar refractivity (Wildman–Crippen MR) is 71.2 cm³/mol. The molecular weight excluding hydrogens is 264 g/mol. The van der Waals surface area contributed by atoms with Crippen LogP contribution < -0.4 is 16.0 Å².